The van der Waals surface area contributed by atoms with Crippen LogP contribution in [0, 0.1) is 0 Å². The first-order valence-corrected chi connectivity index (χ1v) is 6.20. The summed E-state index contributed by atoms with van der Waals surface area (Å²) in [5.74, 6) is 0.210. The molecule has 17 heavy (non-hydrogen) atoms. The molecule has 92 valence electrons. The molecule has 2 heterocycles. The van der Waals surface area contributed by atoms with Crippen LogP contribution < -0.4 is 11.3 Å². The van der Waals surface area contributed by atoms with Crippen LogP contribution in [-0.2, 0) is 17.8 Å². The molecule has 0 atom stereocenters. The summed E-state index contributed by atoms with van der Waals surface area (Å²) in [5.41, 5.74) is 6.84. The number of ether oxygens (including phenoxy) is 1. The molecule has 1 aliphatic heterocycles. The first-order valence-electron chi connectivity index (χ1n) is 6.20. The molecule has 0 bridgehead atoms. The van der Waals surface area contributed by atoms with Crippen molar-refractivity contribution < 1.29 is 4.74 Å². The molecule has 0 amide bonds. The van der Waals surface area contributed by atoms with Crippen LogP contribution in [0.2, 0.25) is 0 Å². The van der Waals surface area contributed by atoms with E-state index >= 15 is 0 Å². The number of aromatic nitrogens is 2. The van der Waals surface area contributed by atoms with Crippen molar-refractivity contribution in [2.24, 2.45) is 0 Å². The Bertz CT molecular complexity index is 489. The SMILES string of the molecule is Nc1nc2c(c(=O)[nH]1)COC1(CCCCC1)C2. The van der Waals surface area contributed by atoms with Crippen molar-refractivity contribution in [3.05, 3.63) is 21.6 Å². The summed E-state index contributed by atoms with van der Waals surface area (Å²) in [6.07, 6.45) is 6.56. The van der Waals surface area contributed by atoms with E-state index in [2.05, 4.69) is 9.97 Å². The molecular formula is C12H17N3O2. The molecule has 1 aromatic rings. The van der Waals surface area contributed by atoms with Crippen molar-refractivity contribution in [3.8, 4) is 0 Å². The minimum absolute atomic E-state index is 0.0848. The van der Waals surface area contributed by atoms with E-state index in [9.17, 15) is 4.79 Å². The lowest BCUT2D eigenvalue weighted by Crippen LogP contribution is -2.42. The van der Waals surface area contributed by atoms with E-state index in [4.69, 9.17) is 10.5 Å². The molecule has 1 saturated carbocycles. The van der Waals surface area contributed by atoms with Gasteiger partial charge in [0, 0.05) is 6.42 Å². The van der Waals surface area contributed by atoms with Gasteiger partial charge in [0.1, 0.15) is 0 Å². The van der Waals surface area contributed by atoms with E-state index in [-0.39, 0.29) is 17.1 Å². The van der Waals surface area contributed by atoms with Crippen molar-refractivity contribution in [1.82, 2.24) is 9.97 Å². The van der Waals surface area contributed by atoms with Gasteiger partial charge in [-0.2, -0.15) is 0 Å². The molecule has 5 nitrogen and oxygen atoms in total. The van der Waals surface area contributed by atoms with Gasteiger partial charge in [-0.15, -0.1) is 0 Å². The Balaban J connectivity index is 1.97. The highest BCUT2D eigenvalue weighted by Crippen LogP contribution is 2.37. The van der Waals surface area contributed by atoms with Crippen molar-refractivity contribution in [3.63, 3.8) is 0 Å². The second-order valence-corrected chi connectivity index (χ2v) is 5.09. The summed E-state index contributed by atoms with van der Waals surface area (Å²) in [5, 5.41) is 0. The molecule has 2 aliphatic rings. The van der Waals surface area contributed by atoms with E-state index in [1.807, 2.05) is 0 Å². The maximum Gasteiger partial charge on any atom is 0.258 e. The Labute approximate surface area is 99.4 Å². The predicted octanol–water partition coefficient (Wildman–Crippen LogP) is 1.13. The van der Waals surface area contributed by atoms with Gasteiger partial charge in [0.15, 0.2) is 0 Å². The zero-order valence-electron chi connectivity index (χ0n) is 9.79. The Morgan fingerprint density at radius 2 is 2.06 bits per heavy atom. The van der Waals surface area contributed by atoms with Crippen LogP contribution in [0.25, 0.3) is 0 Å². The van der Waals surface area contributed by atoms with E-state index in [0.29, 0.717) is 12.2 Å². The van der Waals surface area contributed by atoms with Gasteiger partial charge in [0.2, 0.25) is 5.95 Å². The number of anilines is 1. The van der Waals surface area contributed by atoms with Gasteiger partial charge in [0.25, 0.3) is 5.56 Å². The Morgan fingerprint density at radius 3 is 2.82 bits per heavy atom. The van der Waals surface area contributed by atoms with Crippen LogP contribution in [0.5, 0.6) is 0 Å². The summed E-state index contributed by atoms with van der Waals surface area (Å²) in [6, 6.07) is 0. The van der Waals surface area contributed by atoms with E-state index in [1.54, 1.807) is 0 Å². The fourth-order valence-corrected chi connectivity index (χ4v) is 2.96. The fraction of sp³-hybridized carbons (Fsp3) is 0.667. The number of nitrogen functional groups attached to an aromatic ring is 1. The number of nitrogens with one attached hydrogen (secondary N) is 1. The molecule has 0 saturated heterocycles. The average Bonchev–Trinajstić information content (AvgIpc) is 2.29. The minimum Gasteiger partial charge on any atom is -0.370 e. The molecular weight excluding hydrogens is 218 g/mol. The number of nitrogens with two attached hydrogens (primary N) is 1. The molecule has 1 aromatic heterocycles. The van der Waals surface area contributed by atoms with Crippen LogP contribution >= 0.6 is 0 Å². The van der Waals surface area contributed by atoms with Gasteiger partial charge in [-0.1, -0.05) is 19.3 Å². The van der Waals surface area contributed by atoms with E-state index < -0.39 is 0 Å². The van der Waals surface area contributed by atoms with Gasteiger partial charge in [-0.3, -0.25) is 9.78 Å². The lowest BCUT2D eigenvalue weighted by molar-refractivity contribution is -0.0913. The molecule has 0 radical (unpaired) electrons. The number of fused-ring (bicyclic) bond motifs is 1. The van der Waals surface area contributed by atoms with Gasteiger partial charge in [-0.25, -0.2) is 4.98 Å². The highest BCUT2D eigenvalue weighted by atomic mass is 16.5. The predicted molar refractivity (Wildman–Crippen MR) is 63.6 cm³/mol. The molecule has 0 aromatic carbocycles. The quantitative estimate of drug-likeness (QED) is 0.706. The standard InChI is InChI=1S/C12H17N3O2/c13-11-14-9-6-12(4-2-1-3-5-12)17-7-8(9)10(16)15-11/h1-7H2,(H3,13,14,15,16). The smallest absolute Gasteiger partial charge is 0.258 e. The first-order chi connectivity index (χ1) is 8.19. The highest BCUT2D eigenvalue weighted by Gasteiger charge is 2.38. The van der Waals surface area contributed by atoms with Gasteiger partial charge >= 0.3 is 0 Å². The maximum absolute atomic E-state index is 11.7. The highest BCUT2D eigenvalue weighted by molar-refractivity contribution is 5.28. The zero-order chi connectivity index (χ0) is 11.9. The lowest BCUT2D eigenvalue weighted by Gasteiger charge is -2.40. The molecule has 1 fully saturated rings. The van der Waals surface area contributed by atoms with E-state index in [1.165, 1.54) is 19.3 Å². The summed E-state index contributed by atoms with van der Waals surface area (Å²) < 4.78 is 5.95. The van der Waals surface area contributed by atoms with Crippen molar-refractivity contribution in [1.29, 1.82) is 0 Å². The third-order valence-corrected chi connectivity index (χ3v) is 3.90. The Hall–Kier alpha value is -1.36. The molecule has 1 aliphatic carbocycles. The number of rotatable bonds is 0. The Kier molecular flexibility index (Phi) is 2.43. The zero-order valence-corrected chi connectivity index (χ0v) is 9.79. The van der Waals surface area contributed by atoms with Crippen molar-refractivity contribution >= 4 is 5.95 Å². The van der Waals surface area contributed by atoms with Crippen LogP contribution in [0.4, 0.5) is 5.95 Å². The summed E-state index contributed by atoms with van der Waals surface area (Å²) >= 11 is 0. The monoisotopic (exact) mass is 235 g/mol. The maximum atomic E-state index is 11.7. The van der Waals surface area contributed by atoms with Crippen molar-refractivity contribution in [2.45, 2.75) is 50.7 Å². The number of hydrogen-bond donors (Lipinski definition) is 2. The molecule has 3 N–H and O–H groups in total. The van der Waals surface area contributed by atoms with Gasteiger partial charge in [0.05, 0.1) is 23.5 Å². The van der Waals surface area contributed by atoms with Crippen LogP contribution in [-0.4, -0.2) is 15.6 Å². The molecule has 3 rings (SSSR count). The fourth-order valence-electron chi connectivity index (χ4n) is 2.96. The van der Waals surface area contributed by atoms with Crippen LogP contribution in [0.1, 0.15) is 43.4 Å². The second-order valence-electron chi connectivity index (χ2n) is 5.09. The second kappa shape index (κ2) is 3.84. The summed E-state index contributed by atoms with van der Waals surface area (Å²) in [6.45, 7) is 0.373. The Morgan fingerprint density at radius 1 is 1.29 bits per heavy atom. The van der Waals surface area contributed by atoms with Crippen LogP contribution in [0.3, 0.4) is 0 Å². The number of nitrogens with zero attached hydrogens (tertiary/aromatic N) is 1. The molecule has 5 heteroatoms. The lowest BCUT2D eigenvalue weighted by atomic mass is 9.79. The third kappa shape index (κ3) is 1.84. The first kappa shape index (κ1) is 10.8. The molecule has 0 unspecified atom stereocenters. The number of H-pyrrole nitrogens is 1. The van der Waals surface area contributed by atoms with Gasteiger partial charge in [-0.05, 0) is 12.8 Å². The summed E-state index contributed by atoms with van der Waals surface area (Å²) in [7, 11) is 0. The minimum atomic E-state index is -0.154. The number of aromatic amines is 1. The number of hydrogen-bond acceptors (Lipinski definition) is 4. The molecule has 1 spiro atoms. The average molecular weight is 235 g/mol. The largest absolute Gasteiger partial charge is 0.370 e. The van der Waals surface area contributed by atoms with E-state index in [0.717, 1.165) is 25.0 Å². The summed E-state index contributed by atoms with van der Waals surface area (Å²) in [4.78, 5) is 18.5. The topological polar surface area (TPSA) is 81.0 Å². The van der Waals surface area contributed by atoms with Crippen molar-refractivity contribution in [2.75, 3.05) is 5.73 Å². The van der Waals surface area contributed by atoms with Gasteiger partial charge < -0.3 is 10.5 Å². The van der Waals surface area contributed by atoms with Crippen LogP contribution in [0.15, 0.2) is 4.79 Å². The third-order valence-electron chi connectivity index (χ3n) is 3.90. The normalized spacial score (nSPS) is 22.4.